The summed E-state index contributed by atoms with van der Waals surface area (Å²) in [7, 11) is -4.57. The van der Waals surface area contributed by atoms with Crippen LogP contribution in [0.4, 0.5) is 0 Å². The van der Waals surface area contributed by atoms with Crippen LogP contribution in [-0.4, -0.2) is 61.3 Å². The van der Waals surface area contributed by atoms with Gasteiger partial charge in [0.2, 0.25) is 0 Å². The van der Waals surface area contributed by atoms with Gasteiger partial charge >= 0.3 is 29.6 Å². The number of allylic oxidation sites excluding steroid dienone is 1. The van der Waals surface area contributed by atoms with E-state index in [1.165, 1.54) is 0 Å². The van der Waals surface area contributed by atoms with Crippen molar-refractivity contribution >= 4 is 13.6 Å². The maximum atomic E-state index is 13.4. The van der Waals surface area contributed by atoms with Crippen molar-refractivity contribution in [1.82, 2.24) is 0 Å². The van der Waals surface area contributed by atoms with E-state index in [1.807, 2.05) is 13.8 Å². The molecule has 3 saturated carbocycles. The fraction of sp³-hybridized carbons (Fsp3) is 0.889. The molecule has 9 nitrogen and oxygen atoms in total. The van der Waals surface area contributed by atoms with Crippen LogP contribution in [0.15, 0.2) is 11.6 Å². The van der Waals surface area contributed by atoms with E-state index in [-0.39, 0.29) is 66.4 Å². The van der Waals surface area contributed by atoms with Crippen LogP contribution >= 0.6 is 7.82 Å². The van der Waals surface area contributed by atoms with Gasteiger partial charge in [-0.25, -0.2) is 0 Å². The first-order valence-electron chi connectivity index (χ1n) is 13.6. The van der Waals surface area contributed by atoms with Gasteiger partial charge in [-0.15, -0.1) is 0 Å². The van der Waals surface area contributed by atoms with E-state index in [2.05, 4.69) is 0 Å². The van der Waals surface area contributed by atoms with E-state index in [0.717, 1.165) is 0 Å². The minimum absolute atomic E-state index is 0. The molecule has 0 amide bonds. The fourth-order valence-corrected chi connectivity index (χ4v) is 10.4. The van der Waals surface area contributed by atoms with Gasteiger partial charge in [-0.05, 0) is 101 Å². The van der Waals surface area contributed by atoms with E-state index in [0.29, 0.717) is 37.7 Å². The van der Waals surface area contributed by atoms with Gasteiger partial charge in [0.15, 0.2) is 5.78 Å². The van der Waals surface area contributed by atoms with Crippen molar-refractivity contribution in [2.24, 2.45) is 28.6 Å². The zero-order valence-electron chi connectivity index (χ0n) is 23.5. The monoisotopic (exact) mass is 564 g/mol. The average molecular weight is 565 g/mol. The summed E-state index contributed by atoms with van der Waals surface area (Å²) in [5.74, 6) is -1.03. The molecule has 0 bridgehead atoms. The van der Waals surface area contributed by atoms with E-state index in [9.17, 15) is 34.7 Å². The third kappa shape index (κ3) is 4.60. The summed E-state index contributed by atoms with van der Waals surface area (Å²) in [6, 6.07) is 0. The average Bonchev–Trinajstić information content (AvgIpc) is 3.17. The van der Waals surface area contributed by atoms with Crippen molar-refractivity contribution in [2.75, 3.05) is 0 Å². The first-order chi connectivity index (χ1) is 16.9. The van der Waals surface area contributed by atoms with Gasteiger partial charge < -0.3 is 34.4 Å². The molecule has 4 aliphatic carbocycles. The smallest absolute Gasteiger partial charge is 0.756 e. The maximum Gasteiger partial charge on any atom is 1.00 e. The van der Waals surface area contributed by atoms with Gasteiger partial charge in [0.25, 0.3) is 7.82 Å². The van der Waals surface area contributed by atoms with Crippen molar-refractivity contribution in [3.63, 3.8) is 0 Å². The number of ketones is 1. The van der Waals surface area contributed by atoms with Crippen molar-refractivity contribution in [3.05, 3.63) is 11.6 Å². The molecule has 1 saturated heterocycles. The summed E-state index contributed by atoms with van der Waals surface area (Å²) in [5.41, 5.74) is -4.25. The second-order valence-electron chi connectivity index (χ2n) is 13.8. The van der Waals surface area contributed by atoms with E-state index in [1.54, 1.807) is 26.8 Å². The molecular weight excluding hydrogens is 522 g/mol. The first-order valence-corrected chi connectivity index (χ1v) is 15.1. The Morgan fingerprint density at radius 1 is 1.13 bits per heavy atom. The largest absolute Gasteiger partial charge is 1.00 e. The molecular formula is C27H42NaO9P. The van der Waals surface area contributed by atoms with Crippen LogP contribution < -0.4 is 34.5 Å². The minimum Gasteiger partial charge on any atom is -0.756 e. The molecule has 5 aliphatic rings. The molecule has 210 valence electrons. The second-order valence-corrected chi connectivity index (χ2v) is 15.1. The predicted molar refractivity (Wildman–Crippen MR) is 132 cm³/mol. The molecule has 0 aromatic carbocycles. The minimum atomic E-state index is -4.57. The maximum absolute atomic E-state index is 13.4. The standard InChI is InChI=1S/C27H43O9P.Na/c1-23(2,31)9-8-22-26(5,36-37(33,34)35-22)21-7-11-27(32)16-12-18(28)17-13-19(29)20(30)14-24(17,3)15(16)6-10-25(21,27)4;/h12,15,17,19-22,29-32H,6-11,13-14H2,1-5H3,(H,33,34);/q;+1/p-1/t15?,17-,19+,20-,21-,22+,24+,25+,26+,27+;/m0./s1. The van der Waals surface area contributed by atoms with E-state index < -0.39 is 59.7 Å². The SMILES string of the molecule is CC(C)(O)CC[C@H]1OP(=O)([O-])O[C@]1(C)[C@H]1CC[C@@]2(O)C3=CC(=O)[C@@H]4C[C@@H](O)[C@@H](O)C[C@]4(C)C3CC[C@]12C.[Na+]. The molecule has 1 aliphatic heterocycles. The van der Waals surface area contributed by atoms with Gasteiger partial charge in [0.1, 0.15) is 5.60 Å². The fourth-order valence-electron chi connectivity index (χ4n) is 8.98. The molecule has 2 unspecified atom stereocenters. The van der Waals surface area contributed by atoms with Crippen LogP contribution in [0.25, 0.3) is 0 Å². The van der Waals surface area contributed by atoms with Gasteiger partial charge in [-0.3, -0.25) is 9.36 Å². The zero-order valence-corrected chi connectivity index (χ0v) is 26.4. The Morgan fingerprint density at radius 2 is 1.79 bits per heavy atom. The first kappa shape index (κ1) is 31.3. The molecule has 5 rings (SSSR count). The molecule has 0 radical (unpaired) electrons. The van der Waals surface area contributed by atoms with E-state index in [4.69, 9.17) is 9.05 Å². The topological polar surface area (TPSA) is 157 Å². The number of fused-ring (bicyclic) bond motifs is 5. The van der Waals surface area contributed by atoms with Crippen LogP contribution in [0.1, 0.15) is 86.0 Å². The van der Waals surface area contributed by atoms with Gasteiger partial charge in [-0.1, -0.05) is 13.8 Å². The Balaban J connectivity index is 0.00000336. The molecule has 11 heteroatoms. The summed E-state index contributed by atoms with van der Waals surface area (Å²) in [6.07, 6.45) is 2.13. The molecule has 11 atom stereocenters. The number of hydrogen-bond donors (Lipinski definition) is 4. The summed E-state index contributed by atoms with van der Waals surface area (Å²) in [4.78, 5) is 25.9. The van der Waals surface area contributed by atoms with Crippen molar-refractivity contribution in [2.45, 2.75) is 121 Å². The third-order valence-corrected chi connectivity index (χ3v) is 12.2. The number of aliphatic hydroxyl groups excluding tert-OH is 2. The summed E-state index contributed by atoms with van der Waals surface area (Å²) < 4.78 is 23.7. The predicted octanol–water partition coefficient (Wildman–Crippen LogP) is -0.611. The Bertz CT molecular complexity index is 1060. The van der Waals surface area contributed by atoms with Gasteiger partial charge in [-0.2, -0.15) is 0 Å². The van der Waals surface area contributed by atoms with Crippen LogP contribution in [0.2, 0.25) is 0 Å². The Labute approximate surface area is 247 Å². The number of rotatable bonds is 4. The Kier molecular flexibility index (Phi) is 7.99. The molecule has 4 N–H and O–H groups in total. The molecule has 4 fully saturated rings. The number of phosphoric ester groups is 1. The van der Waals surface area contributed by atoms with E-state index >= 15 is 0 Å². The summed E-state index contributed by atoms with van der Waals surface area (Å²) in [5, 5.41) is 43.5. The van der Waals surface area contributed by atoms with Crippen LogP contribution in [0.3, 0.4) is 0 Å². The van der Waals surface area contributed by atoms with Gasteiger partial charge in [0.05, 0.1) is 29.5 Å². The summed E-state index contributed by atoms with van der Waals surface area (Å²) in [6.45, 7) is 9.03. The van der Waals surface area contributed by atoms with Crippen molar-refractivity contribution in [3.8, 4) is 0 Å². The molecule has 0 aromatic heterocycles. The van der Waals surface area contributed by atoms with Gasteiger partial charge in [0, 0.05) is 11.3 Å². The quantitative estimate of drug-likeness (QED) is 0.258. The zero-order chi connectivity index (χ0) is 27.4. The second kappa shape index (κ2) is 9.70. The van der Waals surface area contributed by atoms with Crippen LogP contribution in [-0.2, 0) is 18.4 Å². The van der Waals surface area contributed by atoms with Crippen LogP contribution in [0, 0.1) is 28.6 Å². The molecule has 1 heterocycles. The van der Waals surface area contributed by atoms with Crippen molar-refractivity contribution in [1.29, 1.82) is 0 Å². The Morgan fingerprint density at radius 3 is 2.42 bits per heavy atom. The number of aliphatic hydroxyl groups is 4. The number of carbonyl (C=O) groups is 1. The van der Waals surface area contributed by atoms with Crippen LogP contribution in [0.5, 0.6) is 0 Å². The van der Waals surface area contributed by atoms with Crippen molar-refractivity contribution < 1.29 is 73.3 Å². The summed E-state index contributed by atoms with van der Waals surface area (Å²) >= 11 is 0. The Hall–Kier alpha value is 0.360. The number of hydrogen-bond acceptors (Lipinski definition) is 9. The third-order valence-electron chi connectivity index (χ3n) is 11.0. The molecule has 38 heavy (non-hydrogen) atoms. The molecule has 0 aromatic rings. The number of phosphoric acid groups is 1. The number of carbonyl (C=O) groups excluding carboxylic acids is 1. The normalized spacial score (nSPS) is 52.5. The molecule has 0 spiro atoms.